The van der Waals surface area contributed by atoms with Gasteiger partial charge in [0.2, 0.25) is 5.72 Å². The fourth-order valence-corrected chi connectivity index (χ4v) is 3.55. The molecule has 2 heterocycles. The van der Waals surface area contributed by atoms with Crippen molar-refractivity contribution in [3.63, 3.8) is 0 Å². The van der Waals surface area contributed by atoms with Crippen molar-refractivity contribution in [1.29, 1.82) is 0 Å². The molecule has 1 spiro atoms. The van der Waals surface area contributed by atoms with Gasteiger partial charge in [-0.15, -0.1) is 0 Å². The Kier molecular flexibility index (Phi) is 4.03. The average Bonchev–Trinajstić information content (AvgIpc) is 2.67. The van der Waals surface area contributed by atoms with E-state index in [1.54, 1.807) is 54.5 Å². The first-order chi connectivity index (χ1) is 12.6. The standard InChI is InChI=1S/C20H20N2O4/c1-25-15-9-7-14(8-10-15)19(24)22-12-4-11-20(13-22)21-18(23)16-5-2-3-6-17(16)26-20/h2-3,5-10H,4,11-13H2,1H3,(H,21,23). The lowest BCUT2D eigenvalue weighted by atomic mass is 9.97. The molecule has 1 unspecified atom stereocenters. The first-order valence-corrected chi connectivity index (χ1v) is 8.64. The number of likely N-dealkylation sites (tertiary alicyclic amines) is 1. The Morgan fingerprint density at radius 1 is 1.19 bits per heavy atom. The normalized spacial score (nSPS) is 21.6. The van der Waals surface area contributed by atoms with Crippen molar-refractivity contribution in [2.45, 2.75) is 18.6 Å². The SMILES string of the molecule is COc1ccc(C(=O)N2CCCC3(C2)NC(=O)c2ccccc2O3)cc1. The molecule has 26 heavy (non-hydrogen) atoms. The highest BCUT2D eigenvalue weighted by atomic mass is 16.5. The third-order valence-corrected chi connectivity index (χ3v) is 4.86. The molecule has 1 fully saturated rings. The molecular weight excluding hydrogens is 332 g/mol. The van der Waals surface area contributed by atoms with Gasteiger partial charge in [-0.1, -0.05) is 12.1 Å². The summed E-state index contributed by atoms with van der Waals surface area (Å²) < 4.78 is 11.3. The van der Waals surface area contributed by atoms with Crippen molar-refractivity contribution < 1.29 is 19.1 Å². The van der Waals surface area contributed by atoms with Crippen LogP contribution < -0.4 is 14.8 Å². The van der Waals surface area contributed by atoms with Crippen LogP contribution in [0.5, 0.6) is 11.5 Å². The second-order valence-corrected chi connectivity index (χ2v) is 6.61. The van der Waals surface area contributed by atoms with Gasteiger partial charge in [0.05, 0.1) is 19.2 Å². The van der Waals surface area contributed by atoms with Crippen LogP contribution in [0.15, 0.2) is 48.5 Å². The van der Waals surface area contributed by atoms with E-state index in [-0.39, 0.29) is 11.8 Å². The molecule has 2 aliphatic rings. The third kappa shape index (κ3) is 2.87. The number of para-hydroxylation sites is 1. The highest BCUT2D eigenvalue weighted by Crippen LogP contribution is 2.33. The van der Waals surface area contributed by atoms with E-state index in [1.165, 1.54) is 0 Å². The number of nitrogens with zero attached hydrogens (tertiary/aromatic N) is 1. The molecule has 1 N–H and O–H groups in total. The third-order valence-electron chi connectivity index (χ3n) is 4.86. The van der Waals surface area contributed by atoms with Crippen molar-refractivity contribution in [1.82, 2.24) is 10.2 Å². The highest BCUT2D eigenvalue weighted by molar-refractivity contribution is 5.98. The molecule has 0 aliphatic carbocycles. The summed E-state index contributed by atoms with van der Waals surface area (Å²) in [6.07, 6.45) is 1.42. The Morgan fingerprint density at radius 3 is 2.73 bits per heavy atom. The maximum absolute atomic E-state index is 12.9. The molecule has 2 amide bonds. The minimum absolute atomic E-state index is 0.0802. The number of rotatable bonds is 2. The van der Waals surface area contributed by atoms with E-state index in [2.05, 4.69) is 5.32 Å². The Bertz CT molecular complexity index is 849. The summed E-state index contributed by atoms with van der Waals surface area (Å²) in [5.74, 6) is 1.03. The number of carbonyl (C=O) groups excluding carboxylic acids is 2. The molecule has 2 aromatic carbocycles. The predicted octanol–water partition coefficient (Wildman–Crippen LogP) is 2.45. The molecular formula is C20H20N2O4. The van der Waals surface area contributed by atoms with Gasteiger partial charge < -0.3 is 19.7 Å². The van der Waals surface area contributed by atoms with Gasteiger partial charge >= 0.3 is 0 Å². The van der Waals surface area contributed by atoms with Crippen LogP contribution in [0.3, 0.4) is 0 Å². The largest absolute Gasteiger partial charge is 0.497 e. The zero-order chi connectivity index (χ0) is 18.1. The van der Waals surface area contributed by atoms with Crippen LogP contribution in [0.2, 0.25) is 0 Å². The number of fused-ring (bicyclic) bond motifs is 1. The summed E-state index contributed by atoms with van der Waals surface area (Å²) in [6.45, 7) is 0.950. The van der Waals surface area contributed by atoms with Crippen LogP contribution in [0.4, 0.5) is 0 Å². The quantitative estimate of drug-likeness (QED) is 0.901. The zero-order valence-corrected chi connectivity index (χ0v) is 14.5. The van der Waals surface area contributed by atoms with Gasteiger partial charge in [-0.25, -0.2) is 0 Å². The van der Waals surface area contributed by atoms with Gasteiger partial charge in [-0.2, -0.15) is 0 Å². The van der Waals surface area contributed by atoms with Crippen molar-refractivity contribution in [3.8, 4) is 11.5 Å². The molecule has 2 aromatic rings. The number of ether oxygens (including phenoxy) is 2. The van der Waals surface area contributed by atoms with Crippen LogP contribution >= 0.6 is 0 Å². The lowest BCUT2D eigenvalue weighted by molar-refractivity contribution is -0.0314. The van der Waals surface area contributed by atoms with Gasteiger partial charge in [0.25, 0.3) is 11.8 Å². The molecule has 134 valence electrons. The van der Waals surface area contributed by atoms with E-state index in [0.29, 0.717) is 42.1 Å². The molecule has 1 atom stereocenters. The van der Waals surface area contributed by atoms with Gasteiger partial charge in [0.15, 0.2) is 0 Å². The summed E-state index contributed by atoms with van der Waals surface area (Å²) >= 11 is 0. The van der Waals surface area contributed by atoms with Gasteiger partial charge in [-0.3, -0.25) is 9.59 Å². The number of hydrogen-bond acceptors (Lipinski definition) is 4. The number of amides is 2. The molecule has 4 rings (SSSR count). The first kappa shape index (κ1) is 16.4. The minimum Gasteiger partial charge on any atom is -0.497 e. The highest BCUT2D eigenvalue weighted by Gasteiger charge is 2.44. The Labute approximate surface area is 151 Å². The maximum atomic E-state index is 12.9. The second kappa shape index (κ2) is 6.37. The summed E-state index contributed by atoms with van der Waals surface area (Å²) in [6, 6.07) is 14.2. The van der Waals surface area contributed by atoms with Gasteiger partial charge in [-0.05, 0) is 42.8 Å². The minimum atomic E-state index is -0.869. The zero-order valence-electron chi connectivity index (χ0n) is 14.5. The molecule has 0 bridgehead atoms. The molecule has 6 heteroatoms. The molecule has 0 saturated carbocycles. The van der Waals surface area contributed by atoms with E-state index in [9.17, 15) is 9.59 Å². The van der Waals surface area contributed by atoms with Crippen molar-refractivity contribution in [3.05, 3.63) is 59.7 Å². The average molecular weight is 352 g/mol. The van der Waals surface area contributed by atoms with E-state index >= 15 is 0 Å². The number of carbonyl (C=O) groups is 2. The van der Waals surface area contributed by atoms with E-state index < -0.39 is 5.72 Å². The van der Waals surface area contributed by atoms with Crippen LogP contribution in [0.25, 0.3) is 0 Å². The number of hydrogen-bond donors (Lipinski definition) is 1. The van der Waals surface area contributed by atoms with E-state index in [4.69, 9.17) is 9.47 Å². The molecule has 1 saturated heterocycles. The lowest BCUT2D eigenvalue weighted by Gasteiger charge is -2.45. The van der Waals surface area contributed by atoms with Crippen molar-refractivity contribution in [2.24, 2.45) is 0 Å². The Hall–Kier alpha value is -3.02. The lowest BCUT2D eigenvalue weighted by Crippen LogP contribution is -2.64. The number of piperidine rings is 1. The fraction of sp³-hybridized carbons (Fsp3) is 0.300. The monoisotopic (exact) mass is 352 g/mol. The molecule has 2 aliphatic heterocycles. The summed E-state index contributed by atoms with van der Waals surface area (Å²) in [4.78, 5) is 27.1. The maximum Gasteiger partial charge on any atom is 0.258 e. The van der Waals surface area contributed by atoms with Crippen molar-refractivity contribution >= 4 is 11.8 Å². The van der Waals surface area contributed by atoms with Gasteiger partial charge in [0, 0.05) is 18.5 Å². The Balaban J connectivity index is 1.56. The number of nitrogens with one attached hydrogen (secondary N) is 1. The van der Waals surface area contributed by atoms with Gasteiger partial charge in [0.1, 0.15) is 11.5 Å². The Morgan fingerprint density at radius 2 is 1.96 bits per heavy atom. The summed E-state index contributed by atoms with van der Waals surface area (Å²) in [5, 5.41) is 2.97. The smallest absolute Gasteiger partial charge is 0.258 e. The molecule has 0 aromatic heterocycles. The van der Waals surface area contributed by atoms with Crippen LogP contribution in [-0.2, 0) is 0 Å². The van der Waals surface area contributed by atoms with Crippen LogP contribution in [-0.4, -0.2) is 42.6 Å². The second-order valence-electron chi connectivity index (χ2n) is 6.61. The van der Waals surface area contributed by atoms with E-state index in [1.807, 2.05) is 6.07 Å². The molecule has 0 radical (unpaired) electrons. The van der Waals surface area contributed by atoms with Crippen LogP contribution in [0.1, 0.15) is 33.6 Å². The van der Waals surface area contributed by atoms with Crippen LogP contribution in [0, 0.1) is 0 Å². The summed E-state index contributed by atoms with van der Waals surface area (Å²) in [5.41, 5.74) is 0.244. The van der Waals surface area contributed by atoms with Crippen molar-refractivity contribution in [2.75, 3.05) is 20.2 Å². The fourth-order valence-electron chi connectivity index (χ4n) is 3.55. The first-order valence-electron chi connectivity index (χ1n) is 8.64. The predicted molar refractivity (Wildman–Crippen MR) is 95.4 cm³/mol. The topological polar surface area (TPSA) is 67.9 Å². The number of methoxy groups -OCH3 is 1. The molecule has 6 nitrogen and oxygen atoms in total. The number of benzene rings is 2. The summed E-state index contributed by atoms with van der Waals surface area (Å²) in [7, 11) is 1.59. The van der Waals surface area contributed by atoms with E-state index in [0.717, 1.165) is 6.42 Å².